The third-order valence-electron chi connectivity index (χ3n) is 4.41. The van der Waals surface area contributed by atoms with E-state index in [2.05, 4.69) is 27.5 Å². The first-order chi connectivity index (χ1) is 13.2. The van der Waals surface area contributed by atoms with Crippen molar-refractivity contribution in [3.63, 3.8) is 0 Å². The molecule has 0 saturated heterocycles. The van der Waals surface area contributed by atoms with Gasteiger partial charge in [0, 0.05) is 37.1 Å². The number of nitrogens with zero attached hydrogens (tertiary/aromatic N) is 3. The second-order valence-electron chi connectivity index (χ2n) is 6.31. The summed E-state index contributed by atoms with van der Waals surface area (Å²) in [5, 5.41) is 8.83. The lowest BCUT2D eigenvalue weighted by atomic mass is 10.1. The van der Waals surface area contributed by atoms with Gasteiger partial charge in [-0.3, -0.25) is 9.78 Å². The molecule has 0 aliphatic rings. The number of hydrogen-bond acceptors (Lipinski definition) is 4. The van der Waals surface area contributed by atoms with E-state index in [0.717, 1.165) is 24.2 Å². The molecule has 27 heavy (non-hydrogen) atoms. The number of hydrogen-bond donors (Lipinski definition) is 2. The largest absolute Gasteiger partial charge is 0.366 e. The van der Waals surface area contributed by atoms with E-state index in [1.54, 1.807) is 23.1 Å². The minimum atomic E-state index is -0.471. The molecule has 0 aliphatic carbocycles. The van der Waals surface area contributed by atoms with Crippen LogP contribution in [0.5, 0.6) is 0 Å². The SMILES string of the molecule is NC(=O)c1cccc2cn(-c3ccc(CNCc4ccncc4)cc3)nc12. The summed E-state index contributed by atoms with van der Waals surface area (Å²) in [4.78, 5) is 15.6. The summed E-state index contributed by atoms with van der Waals surface area (Å²) < 4.78 is 1.77. The third kappa shape index (κ3) is 3.70. The Hall–Kier alpha value is -3.51. The molecule has 2 aromatic heterocycles. The average molecular weight is 357 g/mol. The molecule has 6 heteroatoms. The Labute approximate surface area is 156 Å². The van der Waals surface area contributed by atoms with Crippen molar-refractivity contribution in [2.24, 2.45) is 5.73 Å². The van der Waals surface area contributed by atoms with E-state index in [9.17, 15) is 4.79 Å². The first kappa shape index (κ1) is 16.9. The molecule has 0 fully saturated rings. The number of nitrogens with two attached hydrogens (primary N) is 1. The molecule has 2 aromatic carbocycles. The lowest BCUT2D eigenvalue weighted by Crippen LogP contribution is -2.12. The van der Waals surface area contributed by atoms with Crippen LogP contribution in [0, 0.1) is 0 Å². The molecule has 2 heterocycles. The Balaban J connectivity index is 1.48. The van der Waals surface area contributed by atoms with E-state index in [-0.39, 0.29) is 0 Å². The van der Waals surface area contributed by atoms with Gasteiger partial charge in [-0.15, -0.1) is 0 Å². The molecular formula is C21H19N5O. The van der Waals surface area contributed by atoms with E-state index in [1.807, 2.05) is 42.6 Å². The zero-order valence-electron chi connectivity index (χ0n) is 14.7. The van der Waals surface area contributed by atoms with Gasteiger partial charge in [0.25, 0.3) is 5.91 Å². The number of amides is 1. The molecule has 134 valence electrons. The first-order valence-electron chi connectivity index (χ1n) is 8.68. The van der Waals surface area contributed by atoms with Crippen LogP contribution >= 0.6 is 0 Å². The number of nitrogens with one attached hydrogen (secondary N) is 1. The van der Waals surface area contributed by atoms with Crippen LogP contribution in [0.25, 0.3) is 16.6 Å². The Morgan fingerprint density at radius 2 is 1.67 bits per heavy atom. The predicted molar refractivity (Wildman–Crippen MR) is 104 cm³/mol. The molecule has 0 saturated carbocycles. The highest BCUT2D eigenvalue weighted by atomic mass is 16.1. The average Bonchev–Trinajstić information content (AvgIpc) is 3.13. The van der Waals surface area contributed by atoms with Gasteiger partial charge in [0.05, 0.1) is 11.3 Å². The van der Waals surface area contributed by atoms with E-state index < -0.39 is 5.91 Å². The lowest BCUT2D eigenvalue weighted by molar-refractivity contribution is 0.100. The topological polar surface area (TPSA) is 85.8 Å². The molecule has 0 atom stereocenters. The van der Waals surface area contributed by atoms with E-state index in [1.165, 1.54) is 11.1 Å². The highest BCUT2D eigenvalue weighted by Gasteiger charge is 2.10. The number of fused-ring (bicyclic) bond motifs is 1. The second kappa shape index (κ2) is 7.39. The molecule has 0 unspecified atom stereocenters. The van der Waals surface area contributed by atoms with Crippen LogP contribution in [0.1, 0.15) is 21.5 Å². The standard InChI is InChI=1S/C21H19N5O/c22-21(27)19-3-1-2-17-14-26(25-20(17)19)18-6-4-15(5-7-18)12-24-13-16-8-10-23-11-9-16/h1-11,14,24H,12-13H2,(H2,22,27). The summed E-state index contributed by atoms with van der Waals surface area (Å²) in [6.45, 7) is 1.57. The number of carbonyl (C=O) groups is 1. The molecule has 4 rings (SSSR count). The van der Waals surface area contributed by atoms with Gasteiger partial charge in [0.15, 0.2) is 0 Å². The van der Waals surface area contributed by atoms with E-state index in [4.69, 9.17) is 5.73 Å². The minimum Gasteiger partial charge on any atom is -0.366 e. The Kier molecular flexibility index (Phi) is 4.63. The van der Waals surface area contributed by atoms with Gasteiger partial charge in [0.2, 0.25) is 0 Å². The summed E-state index contributed by atoms with van der Waals surface area (Å²) in [6, 6.07) is 17.6. The van der Waals surface area contributed by atoms with Crippen LogP contribution in [-0.2, 0) is 13.1 Å². The highest BCUT2D eigenvalue weighted by Crippen LogP contribution is 2.19. The van der Waals surface area contributed by atoms with Crippen LogP contribution in [0.4, 0.5) is 0 Å². The molecule has 6 nitrogen and oxygen atoms in total. The van der Waals surface area contributed by atoms with Crippen molar-refractivity contribution in [3.05, 3.63) is 89.9 Å². The monoisotopic (exact) mass is 357 g/mol. The van der Waals surface area contributed by atoms with Crippen molar-refractivity contribution >= 4 is 16.8 Å². The third-order valence-corrected chi connectivity index (χ3v) is 4.41. The highest BCUT2D eigenvalue weighted by molar-refractivity contribution is 6.04. The molecule has 3 N–H and O–H groups in total. The summed E-state index contributed by atoms with van der Waals surface area (Å²) in [5.41, 5.74) is 9.81. The lowest BCUT2D eigenvalue weighted by Gasteiger charge is -2.06. The summed E-state index contributed by atoms with van der Waals surface area (Å²) >= 11 is 0. The molecule has 1 amide bonds. The molecule has 0 aliphatic heterocycles. The fraction of sp³-hybridized carbons (Fsp3) is 0.0952. The van der Waals surface area contributed by atoms with Gasteiger partial charge >= 0.3 is 0 Å². The quantitative estimate of drug-likeness (QED) is 0.556. The summed E-state index contributed by atoms with van der Waals surface area (Å²) in [6.07, 6.45) is 5.49. The van der Waals surface area contributed by atoms with Gasteiger partial charge in [0.1, 0.15) is 5.52 Å². The van der Waals surface area contributed by atoms with Gasteiger partial charge in [-0.05, 0) is 41.5 Å². The van der Waals surface area contributed by atoms with Crippen molar-refractivity contribution in [2.75, 3.05) is 0 Å². The molecular weight excluding hydrogens is 338 g/mol. The maximum atomic E-state index is 11.6. The Bertz CT molecular complexity index is 1070. The normalized spacial score (nSPS) is 11.0. The Morgan fingerprint density at radius 1 is 0.963 bits per heavy atom. The number of rotatable bonds is 6. The molecule has 0 spiro atoms. The summed E-state index contributed by atoms with van der Waals surface area (Å²) in [5.74, 6) is -0.471. The maximum absolute atomic E-state index is 11.6. The summed E-state index contributed by atoms with van der Waals surface area (Å²) in [7, 11) is 0. The first-order valence-corrected chi connectivity index (χ1v) is 8.68. The van der Waals surface area contributed by atoms with Gasteiger partial charge in [-0.2, -0.15) is 5.10 Å². The smallest absolute Gasteiger partial charge is 0.250 e. The molecule has 4 aromatic rings. The number of benzene rings is 2. The molecule has 0 radical (unpaired) electrons. The van der Waals surface area contributed by atoms with E-state index >= 15 is 0 Å². The van der Waals surface area contributed by atoms with Crippen LogP contribution in [0.3, 0.4) is 0 Å². The number of aromatic nitrogens is 3. The predicted octanol–water partition coefficient (Wildman–Crippen LogP) is 2.81. The van der Waals surface area contributed by atoms with Gasteiger partial charge in [-0.1, -0.05) is 24.3 Å². The Morgan fingerprint density at radius 3 is 2.37 bits per heavy atom. The minimum absolute atomic E-state index is 0.434. The van der Waals surface area contributed by atoms with Crippen LogP contribution in [0.15, 0.2) is 73.2 Å². The number of carbonyl (C=O) groups excluding carboxylic acids is 1. The van der Waals surface area contributed by atoms with Crippen LogP contribution in [-0.4, -0.2) is 20.7 Å². The zero-order chi connectivity index (χ0) is 18.6. The number of pyridine rings is 1. The fourth-order valence-corrected chi connectivity index (χ4v) is 2.99. The van der Waals surface area contributed by atoms with Crippen LogP contribution in [0.2, 0.25) is 0 Å². The van der Waals surface area contributed by atoms with E-state index in [0.29, 0.717) is 11.1 Å². The van der Waals surface area contributed by atoms with Crippen molar-refractivity contribution < 1.29 is 4.79 Å². The van der Waals surface area contributed by atoms with Crippen LogP contribution < -0.4 is 11.1 Å². The van der Waals surface area contributed by atoms with Crippen molar-refractivity contribution in [1.29, 1.82) is 0 Å². The molecule has 0 bridgehead atoms. The van der Waals surface area contributed by atoms with Crippen molar-refractivity contribution in [2.45, 2.75) is 13.1 Å². The van der Waals surface area contributed by atoms with Crippen molar-refractivity contribution in [3.8, 4) is 5.69 Å². The van der Waals surface area contributed by atoms with Gasteiger partial charge < -0.3 is 11.1 Å². The maximum Gasteiger partial charge on any atom is 0.250 e. The second-order valence-corrected chi connectivity index (χ2v) is 6.31. The fourth-order valence-electron chi connectivity index (χ4n) is 2.99. The van der Waals surface area contributed by atoms with Crippen molar-refractivity contribution in [1.82, 2.24) is 20.1 Å². The zero-order valence-corrected chi connectivity index (χ0v) is 14.7. The number of primary amides is 1. The van der Waals surface area contributed by atoms with Gasteiger partial charge in [-0.25, -0.2) is 4.68 Å².